The van der Waals surface area contributed by atoms with E-state index >= 15 is 0 Å². The SMILES string of the molecule is CNC1(CC(=O)c2ccc(C)cc2C)CCCCC1. The number of rotatable bonds is 4. The van der Waals surface area contributed by atoms with Crippen LogP contribution in [0.3, 0.4) is 0 Å². The number of Topliss-reactive ketones (excluding diaryl/α,β-unsaturated/α-hetero) is 1. The summed E-state index contributed by atoms with van der Waals surface area (Å²) in [4.78, 5) is 12.6. The van der Waals surface area contributed by atoms with Crippen LogP contribution in [0.5, 0.6) is 0 Å². The van der Waals surface area contributed by atoms with E-state index in [-0.39, 0.29) is 11.3 Å². The third-order valence-corrected chi connectivity index (χ3v) is 4.52. The molecule has 0 aromatic heterocycles. The Morgan fingerprint density at radius 1 is 1.21 bits per heavy atom. The molecule has 0 amide bonds. The number of ketones is 1. The Kier molecular flexibility index (Phi) is 4.41. The van der Waals surface area contributed by atoms with Gasteiger partial charge in [-0.2, -0.15) is 0 Å². The highest BCUT2D eigenvalue weighted by Gasteiger charge is 2.33. The van der Waals surface area contributed by atoms with E-state index in [1.54, 1.807) is 0 Å². The maximum atomic E-state index is 12.6. The van der Waals surface area contributed by atoms with Gasteiger partial charge in [0.25, 0.3) is 0 Å². The minimum absolute atomic E-state index is 0.0344. The summed E-state index contributed by atoms with van der Waals surface area (Å²) in [6.07, 6.45) is 6.66. The first-order chi connectivity index (χ1) is 9.06. The van der Waals surface area contributed by atoms with Gasteiger partial charge in [-0.25, -0.2) is 0 Å². The van der Waals surface area contributed by atoms with Crippen molar-refractivity contribution in [3.05, 3.63) is 34.9 Å². The molecule has 0 bridgehead atoms. The van der Waals surface area contributed by atoms with Gasteiger partial charge in [-0.15, -0.1) is 0 Å². The summed E-state index contributed by atoms with van der Waals surface area (Å²) >= 11 is 0. The van der Waals surface area contributed by atoms with Crippen molar-refractivity contribution >= 4 is 5.78 Å². The number of benzene rings is 1. The van der Waals surface area contributed by atoms with Crippen LogP contribution < -0.4 is 5.32 Å². The molecule has 1 N–H and O–H groups in total. The fourth-order valence-electron chi connectivity index (χ4n) is 3.27. The molecular weight excluding hydrogens is 234 g/mol. The van der Waals surface area contributed by atoms with Crippen LogP contribution in [0, 0.1) is 13.8 Å². The van der Waals surface area contributed by atoms with Gasteiger partial charge in [0.05, 0.1) is 0 Å². The first-order valence-electron chi connectivity index (χ1n) is 7.36. The van der Waals surface area contributed by atoms with Crippen LogP contribution in [0.4, 0.5) is 0 Å². The highest BCUT2D eigenvalue weighted by Crippen LogP contribution is 2.32. The topological polar surface area (TPSA) is 29.1 Å². The number of hydrogen-bond donors (Lipinski definition) is 1. The lowest BCUT2D eigenvalue weighted by atomic mass is 9.77. The van der Waals surface area contributed by atoms with Crippen LogP contribution in [0.15, 0.2) is 18.2 Å². The molecule has 0 radical (unpaired) electrons. The molecule has 1 aliphatic rings. The molecule has 1 saturated carbocycles. The first kappa shape index (κ1) is 14.3. The monoisotopic (exact) mass is 259 g/mol. The molecular formula is C17H25NO. The van der Waals surface area contributed by atoms with Gasteiger partial charge < -0.3 is 5.32 Å². The third kappa shape index (κ3) is 3.24. The molecule has 2 rings (SSSR count). The highest BCUT2D eigenvalue weighted by atomic mass is 16.1. The zero-order valence-corrected chi connectivity index (χ0v) is 12.4. The Hall–Kier alpha value is -1.15. The normalized spacial score (nSPS) is 18.3. The van der Waals surface area contributed by atoms with Gasteiger partial charge in [0.15, 0.2) is 5.78 Å². The molecule has 0 spiro atoms. The quantitative estimate of drug-likeness (QED) is 0.833. The Morgan fingerprint density at radius 3 is 2.47 bits per heavy atom. The molecule has 104 valence electrons. The van der Waals surface area contributed by atoms with E-state index in [2.05, 4.69) is 18.3 Å². The zero-order valence-electron chi connectivity index (χ0n) is 12.4. The fraction of sp³-hybridized carbons (Fsp3) is 0.588. The summed E-state index contributed by atoms with van der Waals surface area (Å²) in [5.74, 6) is 0.286. The third-order valence-electron chi connectivity index (χ3n) is 4.52. The summed E-state index contributed by atoms with van der Waals surface area (Å²) in [6.45, 7) is 4.10. The predicted molar refractivity (Wildman–Crippen MR) is 79.7 cm³/mol. The molecule has 0 saturated heterocycles. The highest BCUT2D eigenvalue weighted by molar-refractivity contribution is 5.98. The summed E-state index contributed by atoms with van der Waals surface area (Å²) < 4.78 is 0. The van der Waals surface area contributed by atoms with Crippen molar-refractivity contribution in [3.8, 4) is 0 Å². The summed E-state index contributed by atoms with van der Waals surface area (Å²) in [6, 6.07) is 6.12. The van der Waals surface area contributed by atoms with Crippen molar-refractivity contribution < 1.29 is 4.79 Å². The number of carbonyl (C=O) groups is 1. The summed E-state index contributed by atoms with van der Waals surface area (Å²) in [5, 5.41) is 3.43. The van der Waals surface area contributed by atoms with Crippen molar-refractivity contribution in [1.29, 1.82) is 0 Å². The first-order valence-corrected chi connectivity index (χ1v) is 7.36. The van der Waals surface area contributed by atoms with Crippen molar-refractivity contribution in [3.63, 3.8) is 0 Å². The number of carbonyl (C=O) groups excluding carboxylic acids is 1. The minimum Gasteiger partial charge on any atom is -0.314 e. The van der Waals surface area contributed by atoms with E-state index in [1.165, 1.54) is 24.8 Å². The Morgan fingerprint density at radius 2 is 1.89 bits per heavy atom. The standard InChI is InChI=1S/C17H25NO/c1-13-7-8-15(14(2)11-13)16(19)12-17(18-3)9-5-4-6-10-17/h7-8,11,18H,4-6,9-10,12H2,1-3H3. The van der Waals surface area contributed by atoms with Gasteiger partial charge >= 0.3 is 0 Å². The molecule has 1 fully saturated rings. The number of hydrogen-bond acceptors (Lipinski definition) is 2. The van der Waals surface area contributed by atoms with Crippen LogP contribution in [-0.2, 0) is 0 Å². The van der Waals surface area contributed by atoms with E-state index < -0.39 is 0 Å². The van der Waals surface area contributed by atoms with Gasteiger partial charge in [0, 0.05) is 17.5 Å². The lowest BCUT2D eigenvalue weighted by Gasteiger charge is -2.36. The molecule has 1 aromatic rings. The molecule has 0 unspecified atom stereocenters. The lowest BCUT2D eigenvalue weighted by Crippen LogP contribution is -2.46. The molecule has 0 heterocycles. The van der Waals surface area contributed by atoms with Gasteiger partial charge in [0.1, 0.15) is 0 Å². The van der Waals surface area contributed by atoms with Gasteiger partial charge in [-0.3, -0.25) is 4.79 Å². The molecule has 19 heavy (non-hydrogen) atoms. The molecule has 1 aromatic carbocycles. The Balaban J connectivity index is 2.15. The average molecular weight is 259 g/mol. The van der Waals surface area contributed by atoms with Gasteiger partial charge in [-0.1, -0.05) is 43.0 Å². The van der Waals surface area contributed by atoms with Crippen LogP contribution in [0.1, 0.15) is 60.0 Å². The predicted octanol–water partition coefficient (Wildman–Crippen LogP) is 3.80. The second-order valence-corrected chi connectivity index (χ2v) is 6.01. The molecule has 2 heteroatoms. The van der Waals surface area contributed by atoms with E-state index in [0.717, 1.165) is 24.0 Å². The molecule has 1 aliphatic carbocycles. The van der Waals surface area contributed by atoms with Crippen molar-refractivity contribution in [1.82, 2.24) is 5.32 Å². The van der Waals surface area contributed by atoms with E-state index in [0.29, 0.717) is 6.42 Å². The van der Waals surface area contributed by atoms with Crippen LogP contribution in [0.25, 0.3) is 0 Å². The Bertz CT molecular complexity index is 458. The number of nitrogens with one attached hydrogen (secondary N) is 1. The van der Waals surface area contributed by atoms with Crippen molar-refractivity contribution in [2.75, 3.05) is 7.05 Å². The smallest absolute Gasteiger partial charge is 0.164 e. The largest absolute Gasteiger partial charge is 0.314 e. The summed E-state index contributed by atoms with van der Waals surface area (Å²) in [5.41, 5.74) is 3.25. The van der Waals surface area contributed by atoms with Crippen molar-refractivity contribution in [2.24, 2.45) is 0 Å². The second-order valence-electron chi connectivity index (χ2n) is 6.01. The fourth-order valence-corrected chi connectivity index (χ4v) is 3.27. The second kappa shape index (κ2) is 5.87. The van der Waals surface area contributed by atoms with Gasteiger partial charge in [-0.05, 0) is 39.3 Å². The van der Waals surface area contributed by atoms with Crippen LogP contribution in [-0.4, -0.2) is 18.4 Å². The van der Waals surface area contributed by atoms with E-state index in [9.17, 15) is 4.79 Å². The molecule has 0 aliphatic heterocycles. The average Bonchev–Trinajstić information content (AvgIpc) is 2.39. The maximum Gasteiger partial charge on any atom is 0.164 e. The van der Waals surface area contributed by atoms with Gasteiger partial charge in [0.2, 0.25) is 0 Å². The maximum absolute atomic E-state index is 12.6. The van der Waals surface area contributed by atoms with E-state index in [4.69, 9.17) is 0 Å². The molecule has 2 nitrogen and oxygen atoms in total. The summed E-state index contributed by atoms with van der Waals surface area (Å²) in [7, 11) is 2.00. The van der Waals surface area contributed by atoms with E-state index in [1.807, 2.05) is 26.1 Å². The van der Waals surface area contributed by atoms with Crippen LogP contribution >= 0.6 is 0 Å². The lowest BCUT2D eigenvalue weighted by molar-refractivity contribution is 0.0914. The van der Waals surface area contributed by atoms with Crippen molar-refractivity contribution in [2.45, 2.75) is 57.9 Å². The zero-order chi connectivity index (χ0) is 13.9. The number of aryl methyl sites for hydroxylation is 2. The minimum atomic E-state index is 0.0344. The van der Waals surface area contributed by atoms with Crippen LogP contribution in [0.2, 0.25) is 0 Å². The Labute approximate surface area is 116 Å². The molecule has 0 atom stereocenters.